The van der Waals surface area contributed by atoms with Crippen LogP contribution in [-0.2, 0) is 0 Å². The number of anilines is 1. The fraction of sp³-hybridized carbons (Fsp3) is 0.667. The van der Waals surface area contributed by atoms with Gasteiger partial charge >= 0.3 is 0 Å². The van der Waals surface area contributed by atoms with Crippen LogP contribution < -0.4 is 5.32 Å². The summed E-state index contributed by atoms with van der Waals surface area (Å²) < 4.78 is 0. The van der Waals surface area contributed by atoms with Crippen LogP contribution in [0.1, 0.15) is 71.1 Å². The molecule has 1 aromatic rings. The molecule has 1 rings (SSSR count). The van der Waals surface area contributed by atoms with Crippen LogP contribution in [0.4, 0.5) is 5.69 Å². The number of unbranched alkanes of at least 4 members (excludes halogenated alkanes) is 9. The van der Waals surface area contributed by atoms with Crippen LogP contribution in [-0.4, -0.2) is 6.54 Å². The molecule has 1 N–H and O–H groups in total. The van der Waals surface area contributed by atoms with Crippen molar-refractivity contribution < 1.29 is 0 Å². The molecule has 0 aromatic heterocycles. The molecule has 1 heteroatoms. The van der Waals surface area contributed by atoms with E-state index >= 15 is 0 Å². The lowest BCUT2D eigenvalue weighted by Gasteiger charge is -2.05. The highest BCUT2D eigenvalue weighted by Crippen LogP contribution is 2.11. The molecule has 0 saturated carbocycles. The summed E-state index contributed by atoms with van der Waals surface area (Å²) in [6, 6.07) is 11.2. The van der Waals surface area contributed by atoms with Crippen molar-refractivity contribution in [3.8, 4) is 0 Å². The lowest BCUT2D eigenvalue weighted by Crippen LogP contribution is -2.00. The first kappa shape index (κ1) is 16.1. The second-order valence-electron chi connectivity index (χ2n) is 5.40. The topological polar surface area (TPSA) is 12.0 Å². The van der Waals surface area contributed by atoms with Crippen LogP contribution >= 0.6 is 0 Å². The summed E-state index contributed by atoms with van der Waals surface area (Å²) in [5.41, 5.74) is 1.19. The Hall–Kier alpha value is -0.980. The molecule has 1 nitrogen and oxygen atoms in total. The van der Waals surface area contributed by atoms with Crippen LogP contribution in [0.2, 0.25) is 0 Å². The first-order valence-corrected chi connectivity index (χ1v) is 8.13. The van der Waals surface area contributed by atoms with E-state index in [4.69, 9.17) is 0 Å². The predicted molar refractivity (Wildman–Crippen MR) is 85.6 cm³/mol. The summed E-state index contributed by atoms with van der Waals surface area (Å²) in [5.74, 6) is 0. The van der Waals surface area contributed by atoms with Crippen LogP contribution in [0.3, 0.4) is 0 Å². The highest BCUT2D eigenvalue weighted by atomic mass is 14.9. The van der Waals surface area contributed by atoms with Gasteiger partial charge in [0.15, 0.2) is 0 Å². The molecule has 0 aliphatic heterocycles. The quantitative estimate of drug-likeness (QED) is 0.467. The molecule has 0 spiro atoms. The zero-order valence-electron chi connectivity index (χ0n) is 12.6. The van der Waals surface area contributed by atoms with E-state index in [9.17, 15) is 0 Å². The summed E-state index contributed by atoms with van der Waals surface area (Å²) in [4.78, 5) is 0. The number of nitrogens with one attached hydrogen (secondary N) is 1. The maximum Gasteiger partial charge on any atom is 0.0346 e. The summed E-state index contributed by atoms with van der Waals surface area (Å²) in [6.45, 7) is 3.37. The van der Waals surface area contributed by atoms with Crippen molar-refractivity contribution in [1.29, 1.82) is 0 Å². The molecular weight excluding hydrogens is 230 g/mol. The normalized spacial score (nSPS) is 10.6. The van der Waals surface area contributed by atoms with Crippen molar-refractivity contribution in [3.63, 3.8) is 0 Å². The molecule has 0 fully saturated rings. The van der Waals surface area contributed by atoms with Crippen molar-refractivity contribution in [2.45, 2.75) is 71.1 Å². The molecule has 0 atom stereocenters. The van der Waals surface area contributed by atoms with Gasteiger partial charge in [-0.3, -0.25) is 0 Å². The second-order valence-corrected chi connectivity index (χ2v) is 5.40. The van der Waals surface area contributed by atoms with Gasteiger partial charge in [-0.1, -0.05) is 76.8 Å². The Morgan fingerprint density at radius 1 is 0.895 bits per heavy atom. The summed E-state index contributed by atoms with van der Waals surface area (Å²) >= 11 is 0. The van der Waals surface area contributed by atoms with Gasteiger partial charge in [-0.2, -0.15) is 0 Å². The largest absolute Gasteiger partial charge is 0.385 e. The third-order valence-corrected chi connectivity index (χ3v) is 3.57. The van der Waals surface area contributed by atoms with E-state index in [1.54, 1.807) is 0 Å². The molecule has 107 valence electrons. The van der Waals surface area contributed by atoms with Gasteiger partial charge in [0.2, 0.25) is 0 Å². The fourth-order valence-electron chi connectivity index (χ4n) is 2.35. The molecule has 0 saturated heterocycles. The van der Waals surface area contributed by atoms with E-state index in [0.29, 0.717) is 0 Å². The van der Waals surface area contributed by atoms with Gasteiger partial charge < -0.3 is 5.32 Å². The number of benzene rings is 1. The maximum absolute atomic E-state index is 3.44. The minimum absolute atomic E-state index is 1.09. The Kier molecular flexibility index (Phi) is 10.2. The van der Waals surface area contributed by atoms with Crippen LogP contribution in [0.5, 0.6) is 0 Å². The van der Waals surface area contributed by atoms with Crippen molar-refractivity contribution >= 4 is 5.69 Å². The first-order chi connectivity index (χ1) is 9.43. The monoisotopic (exact) mass is 260 g/mol. The highest BCUT2D eigenvalue weighted by molar-refractivity contribution is 5.41. The second kappa shape index (κ2) is 12.1. The van der Waals surface area contributed by atoms with Gasteiger partial charge in [0.05, 0.1) is 0 Å². The maximum atomic E-state index is 3.44. The summed E-state index contributed by atoms with van der Waals surface area (Å²) in [7, 11) is 0. The van der Waals surface area contributed by atoms with E-state index in [-0.39, 0.29) is 0 Å². The van der Waals surface area contributed by atoms with E-state index in [1.165, 1.54) is 69.9 Å². The van der Waals surface area contributed by atoms with Crippen LogP contribution in [0.15, 0.2) is 24.3 Å². The zero-order valence-corrected chi connectivity index (χ0v) is 12.6. The zero-order chi connectivity index (χ0) is 13.6. The number of hydrogen-bond donors (Lipinski definition) is 1. The van der Waals surface area contributed by atoms with Gasteiger partial charge in [-0.25, -0.2) is 0 Å². The van der Waals surface area contributed by atoms with Gasteiger partial charge in [-0.15, -0.1) is 0 Å². The molecule has 19 heavy (non-hydrogen) atoms. The highest BCUT2D eigenvalue weighted by Gasteiger charge is 1.93. The standard InChI is InChI=1S/C18H30N/c1-2-3-4-5-6-7-8-9-10-14-17-19-18-15-12-11-13-16-18/h11-12,15-16,19H,2-10,14,17H2,1H3. The van der Waals surface area contributed by atoms with Crippen molar-refractivity contribution in [2.24, 2.45) is 0 Å². The number of hydrogen-bond acceptors (Lipinski definition) is 1. The SMILES string of the molecule is CCCCCCCCCCCCNc1c[c]ccc1. The lowest BCUT2D eigenvalue weighted by molar-refractivity contribution is 0.560. The molecule has 0 aliphatic rings. The molecule has 0 amide bonds. The molecule has 0 bridgehead atoms. The summed E-state index contributed by atoms with van der Waals surface area (Å²) in [6.07, 6.45) is 14.0. The Balaban J connectivity index is 1.79. The van der Waals surface area contributed by atoms with E-state index in [1.807, 2.05) is 18.2 Å². The van der Waals surface area contributed by atoms with E-state index < -0.39 is 0 Å². The molecule has 1 aromatic carbocycles. The van der Waals surface area contributed by atoms with Crippen LogP contribution in [0, 0.1) is 6.07 Å². The van der Waals surface area contributed by atoms with Crippen LogP contribution in [0.25, 0.3) is 0 Å². The smallest absolute Gasteiger partial charge is 0.0346 e. The number of rotatable bonds is 12. The van der Waals surface area contributed by atoms with Gasteiger partial charge in [0.1, 0.15) is 0 Å². The van der Waals surface area contributed by atoms with Gasteiger partial charge in [0, 0.05) is 12.2 Å². The first-order valence-electron chi connectivity index (χ1n) is 8.13. The molecule has 1 radical (unpaired) electrons. The van der Waals surface area contributed by atoms with E-state index in [2.05, 4.69) is 24.4 Å². The molecular formula is C18H30N. The minimum Gasteiger partial charge on any atom is -0.385 e. The average Bonchev–Trinajstić information content (AvgIpc) is 2.46. The van der Waals surface area contributed by atoms with E-state index in [0.717, 1.165) is 6.54 Å². The Morgan fingerprint density at radius 2 is 1.53 bits per heavy atom. The summed E-state index contributed by atoms with van der Waals surface area (Å²) in [5, 5.41) is 3.44. The Morgan fingerprint density at radius 3 is 2.11 bits per heavy atom. The average molecular weight is 260 g/mol. The fourth-order valence-corrected chi connectivity index (χ4v) is 2.35. The Bertz CT molecular complexity index is 281. The Labute approximate surface area is 119 Å². The van der Waals surface area contributed by atoms with Crippen molar-refractivity contribution in [3.05, 3.63) is 30.3 Å². The van der Waals surface area contributed by atoms with Gasteiger partial charge in [0.25, 0.3) is 0 Å². The van der Waals surface area contributed by atoms with Gasteiger partial charge in [-0.05, 0) is 24.6 Å². The molecule has 0 aliphatic carbocycles. The minimum atomic E-state index is 1.09. The molecule has 0 heterocycles. The molecule has 0 unspecified atom stereocenters. The lowest BCUT2D eigenvalue weighted by atomic mass is 10.1. The third kappa shape index (κ3) is 9.58. The van der Waals surface area contributed by atoms with Crippen molar-refractivity contribution in [1.82, 2.24) is 0 Å². The third-order valence-electron chi connectivity index (χ3n) is 3.57. The predicted octanol–water partition coefficient (Wildman–Crippen LogP) is 5.82. The van der Waals surface area contributed by atoms with Crippen molar-refractivity contribution in [2.75, 3.05) is 11.9 Å².